The van der Waals surface area contributed by atoms with E-state index in [1.54, 1.807) is 0 Å². The first-order chi connectivity index (χ1) is 8.75. The molecule has 2 aromatic carbocycles. The van der Waals surface area contributed by atoms with E-state index in [1.807, 2.05) is 6.92 Å². The van der Waals surface area contributed by atoms with Crippen LogP contribution in [0.15, 0.2) is 54.6 Å². The molecule has 3 aromatic rings. The van der Waals surface area contributed by atoms with Gasteiger partial charge in [0.15, 0.2) is 0 Å². The summed E-state index contributed by atoms with van der Waals surface area (Å²) < 4.78 is 1.23. The topological polar surface area (TPSA) is 12.9 Å². The molecule has 0 fully saturated rings. The standard InChI is InChI=1S/C16H12IN/c1-11-10-12-6-2-3-7-13(12)16(18-11)14-8-4-5-9-15(14)17/h2-10H,1H3. The van der Waals surface area contributed by atoms with Crippen molar-refractivity contribution >= 4 is 33.4 Å². The summed E-state index contributed by atoms with van der Waals surface area (Å²) in [6, 6.07) is 18.9. The molecule has 0 N–H and O–H groups in total. The lowest BCUT2D eigenvalue weighted by molar-refractivity contribution is 1.22. The third-order valence-electron chi connectivity index (χ3n) is 3.00. The Morgan fingerprint density at radius 1 is 0.944 bits per heavy atom. The molecule has 88 valence electrons. The number of hydrogen-bond acceptors (Lipinski definition) is 1. The number of aromatic nitrogens is 1. The van der Waals surface area contributed by atoms with Gasteiger partial charge in [0.2, 0.25) is 0 Å². The van der Waals surface area contributed by atoms with E-state index in [9.17, 15) is 0 Å². The fourth-order valence-electron chi connectivity index (χ4n) is 2.19. The van der Waals surface area contributed by atoms with Crippen LogP contribution < -0.4 is 0 Å². The van der Waals surface area contributed by atoms with E-state index in [-0.39, 0.29) is 0 Å². The summed E-state index contributed by atoms with van der Waals surface area (Å²) in [6.45, 7) is 2.05. The Hall–Kier alpha value is -1.42. The molecule has 1 heterocycles. The van der Waals surface area contributed by atoms with Crippen molar-refractivity contribution in [3.8, 4) is 11.3 Å². The molecule has 18 heavy (non-hydrogen) atoms. The minimum Gasteiger partial charge on any atom is -0.252 e. The highest BCUT2D eigenvalue weighted by molar-refractivity contribution is 14.1. The van der Waals surface area contributed by atoms with Crippen LogP contribution in [-0.4, -0.2) is 4.98 Å². The van der Waals surface area contributed by atoms with E-state index in [2.05, 4.69) is 77.2 Å². The fraction of sp³-hybridized carbons (Fsp3) is 0.0625. The van der Waals surface area contributed by atoms with Crippen molar-refractivity contribution < 1.29 is 0 Å². The number of aryl methyl sites for hydroxylation is 1. The second kappa shape index (κ2) is 4.69. The molecule has 1 nitrogen and oxygen atoms in total. The minimum absolute atomic E-state index is 1.06. The first-order valence-corrected chi connectivity index (χ1v) is 6.95. The summed E-state index contributed by atoms with van der Waals surface area (Å²) in [7, 11) is 0. The van der Waals surface area contributed by atoms with E-state index in [0.29, 0.717) is 0 Å². The quantitative estimate of drug-likeness (QED) is 0.577. The Labute approximate surface area is 120 Å². The third-order valence-corrected chi connectivity index (χ3v) is 3.94. The number of hydrogen-bond donors (Lipinski definition) is 0. The van der Waals surface area contributed by atoms with Gasteiger partial charge >= 0.3 is 0 Å². The first kappa shape index (κ1) is 11.7. The molecule has 0 radical (unpaired) electrons. The molecule has 0 aliphatic carbocycles. The maximum absolute atomic E-state index is 4.73. The monoisotopic (exact) mass is 345 g/mol. The minimum atomic E-state index is 1.06. The smallest absolute Gasteiger partial charge is 0.0794 e. The van der Waals surface area contributed by atoms with E-state index in [4.69, 9.17) is 4.98 Å². The second-order valence-corrected chi connectivity index (χ2v) is 5.48. The van der Waals surface area contributed by atoms with Crippen LogP contribution >= 0.6 is 22.6 Å². The van der Waals surface area contributed by atoms with Crippen molar-refractivity contribution in [2.75, 3.05) is 0 Å². The molecule has 2 heteroatoms. The summed E-state index contributed by atoms with van der Waals surface area (Å²) in [4.78, 5) is 4.73. The maximum atomic E-state index is 4.73. The van der Waals surface area contributed by atoms with Crippen LogP contribution in [0.5, 0.6) is 0 Å². The van der Waals surface area contributed by atoms with Crippen LogP contribution in [0.2, 0.25) is 0 Å². The summed E-state index contributed by atoms with van der Waals surface area (Å²) in [5, 5.41) is 2.46. The van der Waals surface area contributed by atoms with Crippen LogP contribution in [0, 0.1) is 10.5 Å². The van der Waals surface area contributed by atoms with Gasteiger partial charge in [-0.05, 0) is 47.0 Å². The lowest BCUT2D eigenvalue weighted by atomic mass is 10.0. The molecule has 0 bridgehead atoms. The number of pyridine rings is 1. The molecule has 0 saturated heterocycles. The van der Waals surface area contributed by atoms with Crippen LogP contribution in [0.4, 0.5) is 0 Å². The SMILES string of the molecule is Cc1cc2ccccc2c(-c2ccccc2I)n1. The maximum Gasteiger partial charge on any atom is 0.0794 e. The van der Waals surface area contributed by atoms with Crippen LogP contribution in [0.1, 0.15) is 5.69 Å². The van der Waals surface area contributed by atoms with Gasteiger partial charge in [-0.3, -0.25) is 4.98 Å². The molecule has 1 aromatic heterocycles. The van der Waals surface area contributed by atoms with Gasteiger partial charge in [-0.25, -0.2) is 0 Å². The fourth-order valence-corrected chi connectivity index (χ4v) is 2.83. The van der Waals surface area contributed by atoms with Gasteiger partial charge in [0.05, 0.1) is 5.69 Å². The predicted octanol–water partition coefficient (Wildman–Crippen LogP) is 4.81. The van der Waals surface area contributed by atoms with Crippen molar-refractivity contribution in [3.05, 3.63) is 63.9 Å². The van der Waals surface area contributed by atoms with Gasteiger partial charge in [0.1, 0.15) is 0 Å². The summed E-state index contributed by atoms with van der Waals surface area (Å²) >= 11 is 2.37. The van der Waals surface area contributed by atoms with Crippen LogP contribution in [0.25, 0.3) is 22.0 Å². The van der Waals surface area contributed by atoms with Gasteiger partial charge in [0, 0.05) is 20.2 Å². The Morgan fingerprint density at radius 2 is 1.67 bits per heavy atom. The van der Waals surface area contributed by atoms with Crippen molar-refractivity contribution in [1.29, 1.82) is 0 Å². The van der Waals surface area contributed by atoms with Gasteiger partial charge in [0.25, 0.3) is 0 Å². The lowest BCUT2D eigenvalue weighted by Crippen LogP contribution is -1.91. The van der Waals surface area contributed by atoms with Gasteiger partial charge < -0.3 is 0 Å². The van der Waals surface area contributed by atoms with Gasteiger partial charge in [-0.2, -0.15) is 0 Å². The highest BCUT2D eigenvalue weighted by Gasteiger charge is 2.08. The Kier molecular flexibility index (Phi) is 3.04. The average Bonchev–Trinajstić information content (AvgIpc) is 2.38. The first-order valence-electron chi connectivity index (χ1n) is 5.87. The van der Waals surface area contributed by atoms with Crippen LogP contribution in [-0.2, 0) is 0 Å². The normalized spacial score (nSPS) is 10.8. The molecular weight excluding hydrogens is 333 g/mol. The van der Waals surface area contributed by atoms with E-state index >= 15 is 0 Å². The Morgan fingerprint density at radius 3 is 2.50 bits per heavy atom. The molecule has 0 amide bonds. The summed E-state index contributed by atoms with van der Waals surface area (Å²) in [5.41, 5.74) is 3.34. The van der Waals surface area contributed by atoms with E-state index in [1.165, 1.54) is 19.9 Å². The molecule has 0 saturated carbocycles. The van der Waals surface area contributed by atoms with Crippen molar-refractivity contribution in [2.45, 2.75) is 6.92 Å². The number of fused-ring (bicyclic) bond motifs is 1. The highest BCUT2D eigenvalue weighted by atomic mass is 127. The number of rotatable bonds is 1. The molecule has 0 atom stereocenters. The number of halogens is 1. The summed E-state index contributed by atoms with van der Waals surface area (Å²) in [5.74, 6) is 0. The zero-order chi connectivity index (χ0) is 12.5. The summed E-state index contributed by atoms with van der Waals surface area (Å²) in [6.07, 6.45) is 0. The van der Waals surface area contributed by atoms with Crippen LogP contribution in [0.3, 0.4) is 0 Å². The largest absolute Gasteiger partial charge is 0.252 e. The molecule has 0 spiro atoms. The molecular formula is C16H12IN. The molecule has 0 aliphatic heterocycles. The van der Waals surface area contributed by atoms with E-state index < -0.39 is 0 Å². The Bertz CT molecular complexity index is 719. The van der Waals surface area contributed by atoms with Gasteiger partial charge in [-0.15, -0.1) is 0 Å². The van der Waals surface area contributed by atoms with Crippen molar-refractivity contribution in [3.63, 3.8) is 0 Å². The number of nitrogens with zero attached hydrogens (tertiary/aromatic N) is 1. The third kappa shape index (κ3) is 2.01. The zero-order valence-electron chi connectivity index (χ0n) is 10.0. The number of benzene rings is 2. The van der Waals surface area contributed by atoms with Crippen molar-refractivity contribution in [2.24, 2.45) is 0 Å². The second-order valence-electron chi connectivity index (χ2n) is 4.31. The highest BCUT2D eigenvalue weighted by Crippen LogP contribution is 2.30. The lowest BCUT2D eigenvalue weighted by Gasteiger charge is -2.09. The zero-order valence-corrected chi connectivity index (χ0v) is 12.2. The van der Waals surface area contributed by atoms with Gasteiger partial charge in [-0.1, -0.05) is 42.5 Å². The average molecular weight is 345 g/mol. The molecule has 3 rings (SSSR count). The molecule has 0 unspecified atom stereocenters. The molecule has 0 aliphatic rings. The van der Waals surface area contributed by atoms with E-state index in [0.717, 1.165) is 11.4 Å². The van der Waals surface area contributed by atoms with Crippen molar-refractivity contribution in [1.82, 2.24) is 4.98 Å². The predicted molar refractivity (Wildman–Crippen MR) is 84.6 cm³/mol. The Balaban J connectivity index is 2.39.